The van der Waals surface area contributed by atoms with Gasteiger partial charge in [0.15, 0.2) is 0 Å². The molecular weight excluding hydrogens is 186 g/mol. The Morgan fingerprint density at radius 2 is 2.33 bits per heavy atom. The summed E-state index contributed by atoms with van der Waals surface area (Å²) in [6.45, 7) is 3.71. The van der Waals surface area contributed by atoms with Gasteiger partial charge >= 0.3 is 0 Å². The fourth-order valence-corrected chi connectivity index (χ4v) is 1.98. The molecule has 0 saturated carbocycles. The lowest BCUT2D eigenvalue weighted by Gasteiger charge is -2.19. The summed E-state index contributed by atoms with van der Waals surface area (Å²) in [4.78, 5) is 0. The number of hydrogen-bond donors (Lipinski definition) is 1. The Balaban J connectivity index is 2.24. The maximum atomic E-state index is 9.56. The molecule has 0 aromatic heterocycles. The third-order valence-corrected chi connectivity index (χ3v) is 2.97. The highest BCUT2D eigenvalue weighted by atomic mass is 16.3. The predicted molar refractivity (Wildman–Crippen MR) is 61.2 cm³/mol. The van der Waals surface area contributed by atoms with Gasteiger partial charge in [-0.2, -0.15) is 5.26 Å². The summed E-state index contributed by atoms with van der Waals surface area (Å²) >= 11 is 0. The molecule has 0 fully saturated rings. The van der Waals surface area contributed by atoms with Crippen LogP contribution in [0.5, 0.6) is 0 Å². The number of nitrogens with zero attached hydrogens (tertiary/aromatic N) is 1. The summed E-state index contributed by atoms with van der Waals surface area (Å²) in [5.41, 5.74) is 0.940. The molecule has 0 bridgehead atoms. The zero-order valence-electron chi connectivity index (χ0n) is 9.79. The number of allylic oxidation sites excluding steroid dienone is 2. The Morgan fingerprint density at radius 1 is 1.60 bits per heavy atom. The van der Waals surface area contributed by atoms with Gasteiger partial charge in [0.25, 0.3) is 0 Å². The molecule has 84 valence electrons. The Bertz CT molecular complexity index is 267. The minimum atomic E-state index is -0.537. The third-order valence-electron chi connectivity index (χ3n) is 2.97. The van der Waals surface area contributed by atoms with E-state index in [1.165, 1.54) is 5.57 Å². The van der Waals surface area contributed by atoms with Gasteiger partial charge in [0.2, 0.25) is 0 Å². The van der Waals surface area contributed by atoms with E-state index in [-0.39, 0.29) is 5.92 Å². The molecular formula is C13H21NO. The van der Waals surface area contributed by atoms with Gasteiger partial charge < -0.3 is 5.11 Å². The highest BCUT2D eigenvalue weighted by molar-refractivity contribution is 5.09. The largest absolute Gasteiger partial charge is 0.390 e. The van der Waals surface area contributed by atoms with Crippen LogP contribution in [-0.2, 0) is 0 Å². The van der Waals surface area contributed by atoms with Crippen molar-refractivity contribution in [3.05, 3.63) is 11.6 Å². The van der Waals surface area contributed by atoms with Crippen molar-refractivity contribution in [3.8, 4) is 6.07 Å². The quantitative estimate of drug-likeness (QED) is 0.719. The minimum absolute atomic E-state index is 0.239. The number of nitriles is 1. The van der Waals surface area contributed by atoms with Gasteiger partial charge in [-0.1, -0.05) is 11.6 Å². The Morgan fingerprint density at radius 3 is 2.80 bits per heavy atom. The molecule has 1 aliphatic rings. The summed E-state index contributed by atoms with van der Waals surface area (Å²) in [5, 5.41) is 18.3. The third kappa shape index (κ3) is 4.99. The van der Waals surface area contributed by atoms with Crippen LogP contribution in [0, 0.1) is 17.2 Å². The fraction of sp³-hybridized carbons (Fsp3) is 0.769. The lowest BCUT2D eigenvalue weighted by Crippen LogP contribution is -2.18. The van der Waals surface area contributed by atoms with E-state index in [1.54, 1.807) is 0 Å². The molecule has 1 N–H and O–H groups in total. The van der Waals surface area contributed by atoms with Gasteiger partial charge in [-0.3, -0.25) is 0 Å². The molecule has 0 amide bonds. The molecule has 0 saturated heterocycles. The highest BCUT2D eigenvalue weighted by Crippen LogP contribution is 2.27. The van der Waals surface area contributed by atoms with Crippen molar-refractivity contribution in [2.45, 2.75) is 58.0 Å². The van der Waals surface area contributed by atoms with Crippen LogP contribution in [0.4, 0.5) is 0 Å². The molecule has 1 unspecified atom stereocenters. The van der Waals surface area contributed by atoms with E-state index in [0.717, 1.165) is 38.5 Å². The van der Waals surface area contributed by atoms with E-state index in [1.807, 2.05) is 13.8 Å². The summed E-state index contributed by atoms with van der Waals surface area (Å²) in [5.74, 6) is 0.239. The predicted octanol–water partition coefficient (Wildman–Crippen LogP) is 3.18. The highest BCUT2D eigenvalue weighted by Gasteiger charge is 2.15. The molecule has 2 nitrogen and oxygen atoms in total. The number of aliphatic hydroxyl groups is 1. The first-order chi connectivity index (χ1) is 7.01. The molecule has 1 rings (SSSR count). The second-order valence-electron chi connectivity index (χ2n) is 5.13. The van der Waals surface area contributed by atoms with Crippen LogP contribution in [0.3, 0.4) is 0 Å². The lowest BCUT2D eigenvalue weighted by atomic mass is 9.87. The molecule has 0 aromatic carbocycles. The van der Waals surface area contributed by atoms with Gasteiger partial charge in [-0.05, 0) is 52.4 Å². The van der Waals surface area contributed by atoms with Crippen molar-refractivity contribution < 1.29 is 5.11 Å². The topological polar surface area (TPSA) is 44.0 Å². The Hall–Kier alpha value is -0.810. The average molecular weight is 207 g/mol. The molecule has 1 atom stereocenters. The Kier molecular flexibility index (Phi) is 4.35. The number of rotatable bonds is 4. The lowest BCUT2D eigenvalue weighted by molar-refractivity contribution is 0.0688. The molecule has 15 heavy (non-hydrogen) atoms. The van der Waals surface area contributed by atoms with Crippen molar-refractivity contribution in [3.63, 3.8) is 0 Å². The zero-order chi connectivity index (χ0) is 11.3. The number of hydrogen-bond acceptors (Lipinski definition) is 2. The SMILES string of the molecule is CC(C)(O)CCCC1=CCC(C#N)CC1. The molecule has 0 radical (unpaired) electrons. The molecule has 0 heterocycles. The second-order valence-corrected chi connectivity index (χ2v) is 5.13. The Labute approximate surface area is 92.6 Å². The summed E-state index contributed by atoms with van der Waals surface area (Å²) in [6, 6.07) is 2.32. The van der Waals surface area contributed by atoms with Crippen LogP contribution in [-0.4, -0.2) is 10.7 Å². The van der Waals surface area contributed by atoms with E-state index in [2.05, 4.69) is 12.1 Å². The molecule has 2 heteroatoms. The van der Waals surface area contributed by atoms with Crippen LogP contribution in [0.15, 0.2) is 11.6 Å². The minimum Gasteiger partial charge on any atom is -0.390 e. The van der Waals surface area contributed by atoms with Crippen molar-refractivity contribution in [1.29, 1.82) is 5.26 Å². The van der Waals surface area contributed by atoms with E-state index in [0.29, 0.717) is 0 Å². The van der Waals surface area contributed by atoms with Crippen LogP contribution in [0.2, 0.25) is 0 Å². The van der Waals surface area contributed by atoms with Crippen molar-refractivity contribution in [2.75, 3.05) is 0 Å². The summed E-state index contributed by atoms with van der Waals surface area (Å²) in [7, 11) is 0. The van der Waals surface area contributed by atoms with Crippen molar-refractivity contribution in [2.24, 2.45) is 5.92 Å². The first-order valence-electron chi connectivity index (χ1n) is 5.81. The normalized spacial score (nSPS) is 22.0. The smallest absolute Gasteiger partial charge is 0.0659 e. The molecule has 0 aromatic rings. The zero-order valence-corrected chi connectivity index (χ0v) is 9.79. The monoisotopic (exact) mass is 207 g/mol. The molecule has 0 aliphatic heterocycles. The molecule has 1 aliphatic carbocycles. The second kappa shape index (κ2) is 5.32. The average Bonchev–Trinajstić information content (AvgIpc) is 2.17. The van der Waals surface area contributed by atoms with Crippen molar-refractivity contribution in [1.82, 2.24) is 0 Å². The van der Waals surface area contributed by atoms with Crippen LogP contribution < -0.4 is 0 Å². The maximum Gasteiger partial charge on any atom is 0.0659 e. The van der Waals surface area contributed by atoms with Gasteiger partial charge in [0.05, 0.1) is 17.6 Å². The maximum absolute atomic E-state index is 9.56. The van der Waals surface area contributed by atoms with Gasteiger partial charge in [-0.25, -0.2) is 0 Å². The van der Waals surface area contributed by atoms with Crippen LogP contribution in [0.25, 0.3) is 0 Å². The standard InChI is InChI=1S/C13H21NO/c1-13(2,15)9-3-4-11-5-7-12(10-14)8-6-11/h5,12,15H,3-4,6-9H2,1-2H3. The van der Waals surface area contributed by atoms with Gasteiger partial charge in [0, 0.05) is 0 Å². The van der Waals surface area contributed by atoms with Crippen LogP contribution in [0.1, 0.15) is 52.4 Å². The van der Waals surface area contributed by atoms with Gasteiger partial charge in [-0.15, -0.1) is 0 Å². The van der Waals surface area contributed by atoms with Gasteiger partial charge in [0.1, 0.15) is 0 Å². The van der Waals surface area contributed by atoms with E-state index in [4.69, 9.17) is 5.26 Å². The van der Waals surface area contributed by atoms with Crippen LogP contribution >= 0.6 is 0 Å². The van der Waals surface area contributed by atoms with E-state index < -0.39 is 5.60 Å². The van der Waals surface area contributed by atoms with Crippen molar-refractivity contribution >= 4 is 0 Å². The van der Waals surface area contributed by atoms with E-state index >= 15 is 0 Å². The fourth-order valence-electron chi connectivity index (χ4n) is 1.98. The first-order valence-corrected chi connectivity index (χ1v) is 5.81. The first kappa shape index (κ1) is 12.3. The molecule has 0 spiro atoms. The summed E-state index contributed by atoms with van der Waals surface area (Å²) in [6.07, 6.45) is 8.23. The summed E-state index contributed by atoms with van der Waals surface area (Å²) < 4.78 is 0. The van der Waals surface area contributed by atoms with E-state index in [9.17, 15) is 5.11 Å².